The summed E-state index contributed by atoms with van der Waals surface area (Å²) in [7, 11) is 0. The van der Waals surface area contributed by atoms with Crippen LogP contribution >= 0.6 is 11.6 Å². The van der Waals surface area contributed by atoms with Crippen molar-refractivity contribution in [2.75, 3.05) is 0 Å². The molecule has 168 valence electrons. The Hall–Kier alpha value is -1.81. The van der Waals surface area contributed by atoms with Crippen LogP contribution < -0.4 is 4.57 Å². The van der Waals surface area contributed by atoms with Crippen molar-refractivity contribution in [3.63, 3.8) is 0 Å². The van der Waals surface area contributed by atoms with Crippen molar-refractivity contribution >= 4 is 17.6 Å². The first kappa shape index (κ1) is 22.4. The fraction of sp³-hybridized carbons (Fsp3) is 0.615. The molecular formula is C26H36ClN2O2+. The molecule has 2 aromatic rings. The number of fused-ring (bicyclic) bond motifs is 1. The van der Waals surface area contributed by atoms with Crippen molar-refractivity contribution in [3.8, 4) is 11.3 Å². The summed E-state index contributed by atoms with van der Waals surface area (Å²) in [4.78, 5) is 13.0. The predicted molar refractivity (Wildman–Crippen MR) is 124 cm³/mol. The number of rotatable bonds is 5. The van der Waals surface area contributed by atoms with E-state index in [-0.39, 0.29) is 12.1 Å². The van der Waals surface area contributed by atoms with Gasteiger partial charge in [-0.2, -0.15) is 0 Å². The normalized spacial score (nSPS) is 24.0. The summed E-state index contributed by atoms with van der Waals surface area (Å²) < 4.78 is 10.6. The first-order valence-electron chi connectivity index (χ1n) is 12.0. The number of nitrogens with zero attached hydrogens (tertiary/aromatic N) is 2. The van der Waals surface area contributed by atoms with Crippen molar-refractivity contribution in [1.29, 1.82) is 0 Å². The summed E-state index contributed by atoms with van der Waals surface area (Å²) in [5, 5.41) is 0.740. The maximum atomic E-state index is 13.0. The topological polar surface area (TPSA) is 35.1 Å². The monoisotopic (exact) mass is 443 g/mol. The third kappa shape index (κ3) is 5.16. The molecule has 2 aliphatic rings. The van der Waals surface area contributed by atoms with Crippen molar-refractivity contribution in [3.05, 3.63) is 41.3 Å². The fourth-order valence-corrected chi connectivity index (χ4v) is 5.55. The minimum Gasteiger partial charge on any atom is -0.459 e. The van der Waals surface area contributed by atoms with Crippen LogP contribution in [0, 0.1) is 17.8 Å². The molecule has 1 saturated carbocycles. The van der Waals surface area contributed by atoms with Gasteiger partial charge < -0.3 is 4.74 Å². The molecule has 0 spiro atoms. The van der Waals surface area contributed by atoms with Gasteiger partial charge in [0.25, 0.3) is 5.82 Å². The van der Waals surface area contributed by atoms with E-state index in [1.807, 2.05) is 12.1 Å². The lowest BCUT2D eigenvalue weighted by Gasteiger charge is -2.36. The van der Waals surface area contributed by atoms with Crippen LogP contribution in [0.15, 0.2) is 30.5 Å². The second kappa shape index (κ2) is 9.77. The Morgan fingerprint density at radius 1 is 1.19 bits per heavy atom. The van der Waals surface area contributed by atoms with E-state index in [1.165, 1.54) is 25.1 Å². The number of carbonyl (C=O) groups excluding carboxylic acids is 1. The highest BCUT2D eigenvalue weighted by Crippen LogP contribution is 2.35. The first-order chi connectivity index (χ1) is 14.9. The molecule has 5 heteroatoms. The molecule has 0 N–H and O–H groups in total. The third-order valence-electron chi connectivity index (χ3n) is 7.18. The number of benzene rings is 1. The molecule has 1 aliphatic carbocycles. The SMILES string of the molecule is CC(C)[C@@H]1CC[C@H](C)C[C@@H]1OC(=O)C[n+]1cc(-c2ccc(Cl)cc2)n2c1CCCCC2. The number of aromatic nitrogens is 2. The van der Waals surface area contributed by atoms with Gasteiger partial charge >= 0.3 is 5.97 Å². The summed E-state index contributed by atoms with van der Waals surface area (Å²) in [5.41, 5.74) is 2.30. The van der Waals surface area contributed by atoms with Gasteiger partial charge in [-0.1, -0.05) is 38.8 Å². The lowest BCUT2D eigenvalue weighted by molar-refractivity contribution is -0.692. The van der Waals surface area contributed by atoms with Crippen LogP contribution in [0.4, 0.5) is 0 Å². The third-order valence-corrected chi connectivity index (χ3v) is 7.43. The van der Waals surface area contributed by atoms with Crippen LogP contribution in [0.25, 0.3) is 11.3 Å². The van der Waals surface area contributed by atoms with E-state index >= 15 is 0 Å². The lowest BCUT2D eigenvalue weighted by Crippen LogP contribution is -2.44. The Kier molecular flexibility index (Phi) is 7.05. The molecule has 1 aromatic heterocycles. The van der Waals surface area contributed by atoms with Gasteiger partial charge in [0.05, 0.1) is 6.54 Å². The van der Waals surface area contributed by atoms with Gasteiger partial charge in [-0.3, -0.25) is 0 Å². The van der Waals surface area contributed by atoms with Crippen LogP contribution in [0.5, 0.6) is 0 Å². The second-order valence-electron chi connectivity index (χ2n) is 9.88. The zero-order chi connectivity index (χ0) is 22.0. The molecule has 0 bridgehead atoms. The minimum absolute atomic E-state index is 0.0498. The summed E-state index contributed by atoms with van der Waals surface area (Å²) in [6, 6.07) is 8.00. The Balaban J connectivity index is 1.56. The number of halogens is 1. The van der Waals surface area contributed by atoms with Gasteiger partial charge in [-0.15, -0.1) is 0 Å². The quantitative estimate of drug-likeness (QED) is 0.430. The molecule has 0 unspecified atom stereocenters. The van der Waals surface area contributed by atoms with Crippen LogP contribution in [0.2, 0.25) is 5.02 Å². The molecule has 4 rings (SSSR count). The van der Waals surface area contributed by atoms with E-state index in [9.17, 15) is 4.79 Å². The van der Waals surface area contributed by atoms with Crippen molar-refractivity contribution < 1.29 is 14.1 Å². The number of esters is 1. The zero-order valence-electron chi connectivity index (χ0n) is 19.1. The smallest absolute Gasteiger partial charge is 0.348 e. The molecule has 1 aromatic carbocycles. The molecule has 0 radical (unpaired) electrons. The first-order valence-corrected chi connectivity index (χ1v) is 12.4. The van der Waals surface area contributed by atoms with E-state index in [2.05, 4.69) is 48.2 Å². The van der Waals surface area contributed by atoms with Gasteiger partial charge in [0.1, 0.15) is 12.3 Å². The van der Waals surface area contributed by atoms with Gasteiger partial charge in [0, 0.05) is 17.0 Å². The highest BCUT2D eigenvalue weighted by Gasteiger charge is 2.34. The molecule has 2 heterocycles. The largest absolute Gasteiger partial charge is 0.459 e. The Morgan fingerprint density at radius 2 is 1.97 bits per heavy atom. The summed E-state index contributed by atoms with van der Waals surface area (Å²) in [6.45, 7) is 8.06. The molecule has 31 heavy (non-hydrogen) atoms. The average Bonchev–Trinajstić information content (AvgIpc) is 2.89. The average molecular weight is 444 g/mol. The standard InChI is InChI=1S/C26H36ClN2O2/c1-18(2)22-13-8-19(3)15-24(22)31-26(30)17-28-16-23(20-9-11-21(27)12-10-20)29-14-6-4-5-7-25(28)29/h9-12,16,18-19,22,24H,4-8,13-15,17H2,1-3H3/q+1/t19-,22-,24-/m0/s1. The Labute approximate surface area is 191 Å². The Morgan fingerprint density at radius 3 is 2.71 bits per heavy atom. The summed E-state index contributed by atoms with van der Waals surface area (Å²) >= 11 is 6.11. The van der Waals surface area contributed by atoms with E-state index in [0.717, 1.165) is 48.5 Å². The van der Waals surface area contributed by atoms with E-state index in [0.29, 0.717) is 24.3 Å². The van der Waals surface area contributed by atoms with Crippen molar-refractivity contribution in [1.82, 2.24) is 4.57 Å². The number of ether oxygens (including phenoxy) is 1. The molecule has 3 atom stereocenters. The predicted octanol–water partition coefficient (Wildman–Crippen LogP) is 5.83. The van der Waals surface area contributed by atoms with Gasteiger partial charge in [0.15, 0.2) is 12.2 Å². The van der Waals surface area contributed by atoms with E-state index in [1.54, 1.807) is 0 Å². The maximum Gasteiger partial charge on any atom is 0.348 e. The van der Waals surface area contributed by atoms with Crippen molar-refractivity contribution in [2.24, 2.45) is 17.8 Å². The summed E-state index contributed by atoms with van der Waals surface area (Å²) in [6.07, 6.45) is 10.1. The van der Waals surface area contributed by atoms with Crippen LogP contribution in [0.1, 0.15) is 65.1 Å². The molecular weight excluding hydrogens is 408 g/mol. The van der Waals surface area contributed by atoms with Crippen LogP contribution in [-0.4, -0.2) is 16.6 Å². The van der Waals surface area contributed by atoms with Gasteiger partial charge in [0.2, 0.25) is 0 Å². The molecule has 4 nitrogen and oxygen atoms in total. The molecule has 0 amide bonds. The maximum absolute atomic E-state index is 13.0. The van der Waals surface area contributed by atoms with Crippen LogP contribution in [-0.2, 0) is 29.0 Å². The summed E-state index contributed by atoms with van der Waals surface area (Å²) in [5.74, 6) is 2.77. The fourth-order valence-electron chi connectivity index (χ4n) is 5.43. The van der Waals surface area contributed by atoms with Crippen LogP contribution in [0.3, 0.4) is 0 Å². The van der Waals surface area contributed by atoms with Crippen molar-refractivity contribution in [2.45, 2.75) is 84.9 Å². The lowest BCUT2D eigenvalue weighted by atomic mass is 9.75. The number of hydrogen-bond acceptors (Lipinski definition) is 2. The number of imidazole rings is 1. The van der Waals surface area contributed by atoms with E-state index in [4.69, 9.17) is 16.3 Å². The number of hydrogen-bond donors (Lipinski definition) is 0. The van der Waals surface area contributed by atoms with Gasteiger partial charge in [-0.25, -0.2) is 13.9 Å². The second-order valence-corrected chi connectivity index (χ2v) is 10.3. The van der Waals surface area contributed by atoms with Gasteiger partial charge in [-0.05, 0) is 74.1 Å². The molecule has 0 saturated heterocycles. The van der Waals surface area contributed by atoms with E-state index < -0.39 is 0 Å². The highest BCUT2D eigenvalue weighted by molar-refractivity contribution is 6.30. The zero-order valence-corrected chi connectivity index (χ0v) is 19.9. The minimum atomic E-state index is -0.102. The molecule has 1 fully saturated rings. The molecule has 1 aliphatic heterocycles. The Bertz CT molecular complexity index is 903. The highest BCUT2D eigenvalue weighted by atomic mass is 35.5. The number of carbonyl (C=O) groups is 1.